The summed E-state index contributed by atoms with van der Waals surface area (Å²) < 4.78 is 2.03. The first-order valence-corrected chi connectivity index (χ1v) is 4.67. The topological polar surface area (TPSA) is 27.7 Å². The molecule has 3 heteroatoms. The van der Waals surface area contributed by atoms with E-state index in [-0.39, 0.29) is 17.0 Å². The lowest BCUT2D eigenvalue weighted by Gasteiger charge is -1.97. The monoisotopic (exact) mass is 264 g/mol. The summed E-state index contributed by atoms with van der Waals surface area (Å²) in [5, 5.41) is 9.88. The van der Waals surface area contributed by atoms with Crippen molar-refractivity contribution in [1.29, 1.82) is 5.41 Å². The van der Waals surface area contributed by atoms with Crippen LogP contribution in [0.25, 0.3) is 10.8 Å². The minimum atomic E-state index is 0. The van der Waals surface area contributed by atoms with Gasteiger partial charge in [-0.15, -0.1) is 0 Å². The molecule has 2 rings (SSSR count). The zero-order chi connectivity index (χ0) is 9.97. The number of pyridine rings is 1. The Bertz CT molecular complexity index is 480. The highest BCUT2D eigenvalue weighted by Gasteiger charge is 2.02. The number of halogens is 1. The van der Waals surface area contributed by atoms with Gasteiger partial charge < -0.3 is 22.4 Å². The standard InChI is InChI=1S/C12H13N2.BrH/c1-10(13)8-14-7-6-11-4-2-3-5-12(11)9-14;/h2-7,9,13H,8H2,1H3;1H/q+1;/p-1. The van der Waals surface area contributed by atoms with Crippen molar-refractivity contribution in [3.63, 3.8) is 0 Å². The van der Waals surface area contributed by atoms with Gasteiger partial charge in [-0.25, -0.2) is 0 Å². The molecule has 2 aromatic rings. The zero-order valence-electron chi connectivity index (χ0n) is 8.57. The summed E-state index contributed by atoms with van der Waals surface area (Å²) in [4.78, 5) is 0. The molecule has 0 unspecified atom stereocenters. The normalized spacial score (nSPS) is 9.67. The van der Waals surface area contributed by atoms with E-state index in [4.69, 9.17) is 5.41 Å². The largest absolute Gasteiger partial charge is 1.00 e. The average Bonchev–Trinajstić information content (AvgIpc) is 2.17. The number of nitrogens with zero attached hydrogens (tertiary/aromatic N) is 1. The molecule has 78 valence electrons. The molecule has 0 atom stereocenters. The van der Waals surface area contributed by atoms with Gasteiger partial charge in [0.05, 0.1) is 5.71 Å². The molecule has 0 aliphatic carbocycles. The van der Waals surface area contributed by atoms with Crippen LogP contribution in [0.3, 0.4) is 0 Å². The molecule has 0 spiro atoms. The third kappa shape index (κ3) is 2.86. The third-order valence-corrected chi connectivity index (χ3v) is 2.17. The van der Waals surface area contributed by atoms with E-state index in [1.807, 2.05) is 29.8 Å². The Balaban J connectivity index is 0.00000112. The van der Waals surface area contributed by atoms with Crippen molar-refractivity contribution in [3.05, 3.63) is 42.7 Å². The first kappa shape index (κ1) is 11.9. The summed E-state index contributed by atoms with van der Waals surface area (Å²) >= 11 is 0. The first-order valence-electron chi connectivity index (χ1n) is 4.67. The lowest BCUT2D eigenvalue weighted by atomic mass is 10.2. The highest BCUT2D eigenvalue weighted by Crippen LogP contribution is 2.09. The second-order valence-electron chi connectivity index (χ2n) is 3.53. The van der Waals surface area contributed by atoms with Crippen LogP contribution in [-0.4, -0.2) is 5.71 Å². The summed E-state index contributed by atoms with van der Waals surface area (Å²) in [5.41, 5.74) is 0.672. The van der Waals surface area contributed by atoms with Crippen LogP contribution in [0, 0.1) is 5.41 Å². The molecule has 0 aliphatic heterocycles. The van der Waals surface area contributed by atoms with Crippen LogP contribution in [0.1, 0.15) is 6.92 Å². The van der Waals surface area contributed by atoms with E-state index in [2.05, 4.69) is 24.4 Å². The summed E-state index contributed by atoms with van der Waals surface area (Å²) in [7, 11) is 0. The fourth-order valence-electron chi connectivity index (χ4n) is 1.55. The molecule has 0 saturated heterocycles. The third-order valence-electron chi connectivity index (χ3n) is 2.17. The van der Waals surface area contributed by atoms with Crippen LogP contribution in [0.15, 0.2) is 42.7 Å². The quantitative estimate of drug-likeness (QED) is 0.542. The maximum Gasteiger partial charge on any atom is 0.185 e. The van der Waals surface area contributed by atoms with E-state index in [9.17, 15) is 0 Å². The zero-order valence-corrected chi connectivity index (χ0v) is 10.2. The maximum atomic E-state index is 7.42. The molecule has 1 heterocycles. The predicted molar refractivity (Wildman–Crippen MR) is 57.5 cm³/mol. The minimum absolute atomic E-state index is 0. The molecule has 0 radical (unpaired) electrons. The Hall–Kier alpha value is -1.22. The Labute approximate surface area is 99.8 Å². The Morgan fingerprint density at radius 2 is 1.87 bits per heavy atom. The van der Waals surface area contributed by atoms with Gasteiger partial charge in [0, 0.05) is 11.5 Å². The van der Waals surface area contributed by atoms with E-state index in [1.165, 1.54) is 10.8 Å². The number of aromatic nitrogens is 1. The SMILES string of the molecule is CC(=N)C[n+]1ccc2ccccc2c1.[Br-]. The van der Waals surface area contributed by atoms with Gasteiger partial charge in [0.25, 0.3) is 0 Å². The lowest BCUT2D eigenvalue weighted by molar-refractivity contribution is -0.680. The van der Waals surface area contributed by atoms with Crippen molar-refractivity contribution < 1.29 is 21.5 Å². The molecule has 15 heavy (non-hydrogen) atoms. The number of hydrogen-bond donors (Lipinski definition) is 1. The molecule has 2 nitrogen and oxygen atoms in total. The Morgan fingerprint density at radius 1 is 1.20 bits per heavy atom. The van der Waals surface area contributed by atoms with E-state index in [1.54, 1.807) is 0 Å². The summed E-state index contributed by atoms with van der Waals surface area (Å²) in [6, 6.07) is 10.3. The highest BCUT2D eigenvalue weighted by molar-refractivity contribution is 5.80. The lowest BCUT2D eigenvalue weighted by Crippen LogP contribution is -3.00. The van der Waals surface area contributed by atoms with Gasteiger partial charge in [-0.1, -0.05) is 18.2 Å². The van der Waals surface area contributed by atoms with Crippen LogP contribution in [0.4, 0.5) is 0 Å². The Kier molecular flexibility index (Phi) is 3.97. The van der Waals surface area contributed by atoms with E-state index in [0.29, 0.717) is 12.3 Å². The van der Waals surface area contributed by atoms with Gasteiger partial charge in [-0.05, 0) is 18.4 Å². The average molecular weight is 265 g/mol. The van der Waals surface area contributed by atoms with E-state index in [0.717, 1.165) is 0 Å². The van der Waals surface area contributed by atoms with Crippen LogP contribution in [0.2, 0.25) is 0 Å². The molecular formula is C12H13BrN2. The molecule has 0 bridgehead atoms. The number of hydrogen-bond acceptors (Lipinski definition) is 1. The molecule has 0 aliphatic rings. The summed E-state index contributed by atoms with van der Waals surface area (Å²) in [6.07, 6.45) is 4.09. The van der Waals surface area contributed by atoms with Gasteiger partial charge >= 0.3 is 0 Å². The number of benzene rings is 1. The second-order valence-corrected chi connectivity index (χ2v) is 3.53. The fourth-order valence-corrected chi connectivity index (χ4v) is 1.55. The van der Waals surface area contributed by atoms with Crippen LogP contribution < -0.4 is 21.5 Å². The van der Waals surface area contributed by atoms with Crippen molar-refractivity contribution >= 4 is 16.5 Å². The summed E-state index contributed by atoms with van der Waals surface area (Å²) in [5.74, 6) is 0. The van der Waals surface area contributed by atoms with Crippen LogP contribution in [-0.2, 0) is 6.54 Å². The second kappa shape index (κ2) is 5.03. The van der Waals surface area contributed by atoms with Crippen LogP contribution in [0.5, 0.6) is 0 Å². The van der Waals surface area contributed by atoms with Crippen molar-refractivity contribution in [1.82, 2.24) is 0 Å². The molecule has 1 aromatic carbocycles. The van der Waals surface area contributed by atoms with Crippen molar-refractivity contribution in [2.24, 2.45) is 0 Å². The number of rotatable bonds is 2. The van der Waals surface area contributed by atoms with Gasteiger partial charge in [-0.2, -0.15) is 4.57 Å². The van der Waals surface area contributed by atoms with Crippen molar-refractivity contribution in [3.8, 4) is 0 Å². The fraction of sp³-hybridized carbons (Fsp3) is 0.167. The van der Waals surface area contributed by atoms with Crippen LogP contribution >= 0.6 is 0 Å². The van der Waals surface area contributed by atoms with Gasteiger partial charge in [0.15, 0.2) is 18.9 Å². The van der Waals surface area contributed by atoms with Gasteiger partial charge in [0.1, 0.15) is 0 Å². The summed E-state index contributed by atoms with van der Waals surface area (Å²) in [6.45, 7) is 2.49. The minimum Gasteiger partial charge on any atom is -1.00 e. The first-order chi connectivity index (χ1) is 6.75. The molecule has 0 amide bonds. The van der Waals surface area contributed by atoms with E-state index < -0.39 is 0 Å². The Morgan fingerprint density at radius 3 is 2.53 bits per heavy atom. The van der Waals surface area contributed by atoms with Gasteiger partial charge in [0.2, 0.25) is 0 Å². The molecule has 0 saturated carbocycles. The van der Waals surface area contributed by atoms with Crippen molar-refractivity contribution in [2.45, 2.75) is 13.5 Å². The highest BCUT2D eigenvalue weighted by atomic mass is 79.9. The molecule has 1 N–H and O–H groups in total. The van der Waals surface area contributed by atoms with E-state index >= 15 is 0 Å². The maximum absolute atomic E-state index is 7.42. The number of fused-ring (bicyclic) bond motifs is 1. The number of nitrogens with one attached hydrogen (secondary N) is 1. The molecule has 0 fully saturated rings. The predicted octanol–water partition coefficient (Wildman–Crippen LogP) is -0.829. The molecule has 1 aromatic heterocycles. The van der Waals surface area contributed by atoms with Crippen molar-refractivity contribution in [2.75, 3.05) is 0 Å². The molecular weight excluding hydrogens is 252 g/mol. The van der Waals surface area contributed by atoms with Gasteiger partial charge in [-0.3, -0.25) is 0 Å². The smallest absolute Gasteiger partial charge is 0.185 e.